The molecule has 18 heavy (non-hydrogen) atoms. The highest BCUT2D eigenvalue weighted by Gasteiger charge is 2.01. The topological polar surface area (TPSA) is 38.0 Å². The molecule has 0 bridgehead atoms. The third kappa shape index (κ3) is 2.07. The average Bonchev–Trinajstić information content (AvgIpc) is 2.82. The predicted molar refractivity (Wildman–Crippen MR) is 71.5 cm³/mol. The Hall–Kier alpha value is -2.29. The molecule has 0 unspecified atom stereocenters. The first-order chi connectivity index (χ1) is 8.83. The molecule has 3 aromatic rings. The molecule has 2 aromatic carbocycles. The minimum absolute atomic E-state index is 0.312. The van der Waals surface area contributed by atoms with Crippen LogP contribution >= 0.6 is 0 Å². The zero-order valence-electron chi connectivity index (χ0n) is 9.95. The standard InChI is InChI=1S/C15H14N2O/c18-13-7-5-12(6-8-13)9-10-17-11-16-14-3-1-2-4-15(14)17/h1-8,11,18H,9-10H2. The van der Waals surface area contributed by atoms with Crippen LogP contribution in [0.5, 0.6) is 5.75 Å². The summed E-state index contributed by atoms with van der Waals surface area (Å²) in [5.41, 5.74) is 3.41. The first-order valence-corrected chi connectivity index (χ1v) is 6.01. The summed E-state index contributed by atoms with van der Waals surface area (Å²) in [5.74, 6) is 0.312. The van der Waals surface area contributed by atoms with Crippen LogP contribution in [-0.4, -0.2) is 14.7 Å². The molecule has 0 amide bonds. The first kappa shape index (κ1) is 10.8. The number of hydrogen-bond donors (Lipinski definition) is 1. The number of para-hydroxylation sites is 2. The molecular weight excluding hydrogens is 224 g/mol. The Labute approximate surface area is 105 Å². The van der Waals surface area contributed by atoms with Gasteiger partial charge in [0, 0.05) is 6.54 Å². The third-order valence-corrected chi connectivity index (χ3v) is 3.11. The van der Waals surface area contributed by atoms with Crippen molar-refractivity contribution in [1.29, 1.82) is 0 Å². The molecule has 0 fully saturated rings. The van der Waals surface area contributed by atoms with Gasteiger partial charge in [0.25, 0.3) is 0 Å². The highest BCUT2D eigenvalue weighted by molar-refractivity contribution is 5.74. The summed E-state index contributed by atoms with van der Waals surface area (Å²) in [6, 6.07) is 15.5. The van der Waals surface area contributed by atoms with E-state index in [0.717, 1.165) is 24.0 Å². The molecule has 0 saturated carbocycles. The van der Waals surface area contributed by atoms with E-state index < -0.39 is 0 Å². The van der Waals surface area contributed by atoms with Crippen molar-refractivity contribution < 1.29 is 5.11 Å². The van der Waals surface area contributed by atoms with Gasteiger partial charge in [-0.25, -0.2) is 4.98 Å². The molecule has 90 valence electrons. The molecule has 0 radical (unpaired) electrons. The van der Waals surface area contributed by atoms with Crippen LogP contribution in [-0.2, 0) is 13.0 Å². The van der Waals surface area contributed by atoms with E-state index in [4.69, 9.17) is 0 Å². The molecule has 1 N–H and O–H groups in total. The third-order valence-electron chi connectivity index (χ3n) is 3.11. The van der Waals surface area contributed by atoms with Gasteiger partial charge in [0.05, 0.1) is 17.4 Å². The summed E-state index contributed by atoms with van der Waals surface area (Å²) >= 11 is 0. The van der Waals surface area contributed by atoms with Crippen molar-refractivity contribution in [3.63, 3.8) is 0 Å². The quantitative estimate of drug-likeness (QED) is 0.761. The summed E-state index contributed by atoms with van der Waals surface area (Å²) in [7, 11) is 0. The van der Waals surface area contributed by atoms with Crippen LogP contribution in [0.3, 0.4) is 0 Å². The van der Waals surface area contributed by atoms with Gasteiger partial charge in [-0.05, 0) is 36.2 Å². The maximum atomic E-state index is 9.23. The fraction of sp³-hybridized carbons (Fsp3) is 0.133. The number of phenols is 1. The maximum Gasteiger partial charge on any atom is 0.115 e. The number of benzene rings is 2. The van der Waals surface area contributed by atoms with Crippen LogP contribution in [0, 0.1) is 0 Å². The fourth-order valence-corrected chi connectivity index (χ4v) is 2.10. The minimum Gasteiger partial charge on any atom is -0.508 e. The van der Waals surface area contributed by atoms with E-state index in [1.165, 1.54) is 5.56 Å². The van der Waals surface area contributed by atoms with Gasteiger partial charge in [0.15, 0.2) is 0 Å². The second kappa shape index (κ2) is 4.53. The molecule has 0 atom stereocenters. The lowest BCUT2D eigenvalue weighted by atomic mass is 10.1. The Balaban J connectivity index is 1.79. The number of aromatic hydroxyl groups is 1. The SMILES string of the molecule is Oc1ccc(CCn2cnc3ccccc32)cc1. The molecule has 0 saturated heterocycles. The smallest absolute Gasteiger partial charge is 0.115 e. The number of aryl methyl sites for hydroxylation is 2. The van der Waals surface area contributed by atoms with E-state index in [1.807, 2.05) is 36.7 Å². The number of imidazole rings is 1. The van der Waals surface area contributed by atoms with E-state index in [-0.39, 0.29) is 0 Å². The lowest BCUT2D eigenvalue weighted by molar-refractivity contribution is 0.475. The lowest BCUT2D eigenvalue weighted by Gasteiger charge is -2.04. The molecule has 3 rings (SSSR count). The highest BCUT2D eigenvalue weighted by Crippen LogP contribution is 2.14. The van der Waals surface area contributed by atoms with Crippen molar-refractivity contribution in [3.8, 4) is 5.75 Å². The predicted octanol–water partition coefficient (Wildman–Crippen LogP) is 2.98. The Morgan fingerprint density at radius 2 is 1.78 bits per heavy atom. The van der Waals surface area contributed by atoms with Gasteiger partial charge >= 0.3 is 0 Å². The Bertz CT molecular complexity index is 656. The monoisotopic (exact) mass is 238 g/mol. The van der Waals surface area contributed by atoms with Crippen molar-refractivity contribution in [2.45, 2.75) is 13.0 Å². The van der Waals surface area contributed by atoms with Crippen molar-refractivity contribution in [2.24, 2.45) is 0 Å². The normalized spacial score (nSPS) is 10.9. The van der Waals surface area contributed by atoms with Gasteiger partial charge in [0.2, 0.25) is 0 Å². The lowest BCUT2D eigenvalue weighted by Crippen LogP contribution is -1.99. The van der Waals surface area contributed by atoms with Gasteiger partial charge in [-0.2, -0.15) is 0 Å². The number of fused-ring (bicyclic) bond motifs is 1. The molecule has 3 nitrogen and oxygen atoms in total. The van der Waals surface area contributed by atoms with Crippen molar-refractivity contribution in [2.75, 3.05) is 0 Å². The average molecular weight is 238 g/mol. The fourth-order valence-electron chi connectivity index (χ4n) is 2.10. The summed E-state index contributed by atoms with van der Waals surface area (Å²) in [6.07, 6.45) is 2.81. The number of rotatable bonds is 3. The Morgan fingerprint density at radius 3 is 2.61 bits per heavy atom. The zero-order chi connectivity index (χ0) is 12.4. The van der Waals surface area contributed by atoms with Gasteiger partial charge in [-0.15, -0.1) is 0 Å². The van der Waals surface area contributed by atoms with Gasteiger partial charge < -0.3 is 9.67 Å². The Morgan fingerprint density at radius 1 is 1.00 bits per heavy atom. The highest BCUT2D eigenvalue weighted by atomic mass is 16.3. The van der Waals surface area contributed by atoms with Crippen molar-refractivity contribution >= 4 is 11.0 Å². The number of hydrogen-bond acceptors (Lipinski definition) is 2. The van der Waals surface area contributed by atoms with Crippen molar-refractivity contribution in [1.82, 2.24) is 9.55 Å². The number of nitrogens with zero attached hydrogens (tertiary/aromatic N) is 2. The van der Waals surface area contributed by atoms with Crippen LogP contribution in [0.4, 0.5) is 0 Å². The molecule has 0 aliphatic carbocycles. The summed E-state index contributed by atoms with van der Waals surface area (Å²) < 4.78 is 2.15. The molecule has 1 aromatic heterocycles. The van der Waals surface area contributed by atoms with Crippen LogP contribution in [0.25, 0.3) is 11.0 Å². The van der Waals surface area contributed by atoms with E-state index in [9.17, 15) is 5.11 Å². The van der Waals surface area contributed by atoms with Crippen LogP contribution in [0.15, 0.2) is 54.9 Å². The summed E-state index contributed by atoms with van der Waals surface area (Å²) in [5, 5.41) is 9.23. The van der Waals surface area contributed by atoms with E-state index in [2.05, 4.69) is 15.6 Å². The number of phenolic OH excluding ortho intramolecular Hbond substituents is 1. The van der Waals surface area contributed by atoms with Gasteiger partial charge in [-0.1, -0.05) is 24.3 Å². The van der Waals surface area contributed by atoms with E-state index in [1.54, 1.807) is 12.1 Å². The van der Waals surface area contributed by atoms with Crippen LogP contribution < -0.4 is 0 Å². The molecule has 3 heteroatoms. The minimum atomic E-state index is 0.312. The largest absolute Gasteiger partial charge is 0.508 e. The molecular formula is C15H14N2O. The molecule has 0 aliphatic rings. The van der Waals surface area contributed by atoms with E-state index >= 15 is 0 Å². The van der Waals surface area contributed by atoms with Crippen LogP contribution in [0.2, 0.25) is 0 Å². The second-order valence-electron chi connectivity index (χ2n) is 4.34. The summed E-state index contributed by atoms with van der Waals surface area (Å²) in [6.45, 7) is 0.894. The van der Waals surface area contributed by atoms with Gasteiger partial charge in [0.1, 0.15) is 5.75 Å². The zero-order valence-corrected chi connectivity index (χ0v) is 9.95. The number of aromatic nitrogens is 2. The second-order valence-corrected chi connectivity index (χ2v) is 4.34. The van der Waals surface area contributed by atoms with Crippen LogP contribution in [0.1, 0.15) is 5.56 Å². The molecule has 0 aliphatic heterocycles. The van der Waals surface area contributed by atoms with Gasteiger partial charge in [-0.3, -0.25) is 0 Å². The Kier molecular flexibility index (Phi) is 2.73. The van der Waals surface area contributed by atoms with Crippen molar-refractivity contribution in [3.05, 3.63) is 60.4 Å². The first-order valence-electron chi connectivity index (χ1n) is 6.01. The molecule has 1 heterocycles. The summed E-state index contributed by atoms with van der Waals surface area (Å²) in [4.78, 5) is 4.37. The molecule has 0 spiro atoms. The van der Waals surface area contributed by atoms with E-state index in [0.29, 0.717) is 5.75 Å². The maximum absolute atomic E-state index is 9.23.